The van der Waals surface area contributed by atoms with Gasteiger partial charge in [0, 0.05) is 17.1 Å². The SMILES string of the molecule is CS(=O)CN1Cn2cnc(-c3nc4ccccc4s3)c2N=N1. The topological polar surface area (TPSA) is 75.7 Å². The van der Waals surface area contributed by atoms with Gasteiger partial charge in [-0.25, -0.2) is 15.0 Å². The first kappa shape index (κ1) is 13.5. The minimum Gasteiger partial charge on any atom is -0.293 e. The number of hydrogen-bond acceptors (Lipinski definition) is 7. The van der Waals surface area contributed by atoms with Gasteiger partial charge in [0.05, 0.1) is 16.5 Å². The first-order valence-corrected chi connectivity index (χ1v) is 9.13. The van der Waals surface area contributed by atoms with E-state index in [2.05, 4.69) is 20.3 Å². The molecule has 0 spiro atoms. The van der Waals surface area contributed by atoms with Crippen molar-refractivity contribution in [2.75, 3.05) is 12.1 Å². The number of imidazole rings is 1. The third-order valence-corrected chi connectivity index (χ3v) is 4.92. The maximum atomic E-state index is 11.3. The predicted octanol–water partition coefficient (Wildman–Crippen LogP) is 2.77. The van der Waals surface area contributed by atoms with Crippen molar-refractivity contribution >= 4 is 38.2 Å². The number of benzene rings is 1. The number of nitrogens with zero attached hydrogens (tertiary/aromatic N) is 6. The fourth-order valence-corrected chi connectivity index (χ4v) is 3.81. The molecule has 1 atom stereocenters. The molecule has 22 heavy (non-hydrogen) atoms. The average Bonchev–Trinajstić information content (AvgIpc) is 3.09. The molecular formula is C13H12N6OS2. The van der Waals surface area contributed by atoms with E-state index in [0.29, 0.717) is 18.4 Å². The molecule has 1 aliphatic heterocycles. The summed E-state index contributed by atoms with van der Waals surface area (Å²) in [6.45, 7) is 0.496. The number of para-hydroxylation sites is 1. The molecule has 1 aliphatic rings. The highest BCUT2D eigenvalue weighted by Gasteiger charge is 2.21. The Morgan fingerprint density at radius 1 is 1.36 bits per heavy atom. The lowest BCUT2D eigenvalue weighted by Gasteiger charge is -2.20. The zero-order valence-electron chi connectivity index (χ0n) is 11.7. The molecule has 0 aliphatic carbocycles. The van der Waals surface area contributed by atoms with Gasteiger partial charge in [0.25, 0.3) is 0 Å². The molecule has 7 nitrogen and oxygen atoms in total. The van der Waals surface area contributed by atoms with Crippen LogP contribution in [0.15, 0.2) is 40.9 Å². The quantitative estimate of drug-likeness (QED) is 0.739. The lowest BCUT2D eigenvalue weighted by Crippen LogP contribution is -2.25. The summed E-state index contributed by atoms with van der Waals surface area (Å²) in [7, 11) is -0.952. The second kappa shape index (κ2) is 5.25. The van der Waals surface area contributed by atoms with Crippen LogP contribution in [0, 0.1) is 0 Å². The van der Waals surface area contributed by atoms with Gasteiger partial charge in [-0.3, -0.25) is 8.78 Å². The van der Waals surface area contributed by atoms with Gasteiger partial charge in [0.1, 0.15) is 23.2 Å². The fourth-order valence-electron chi connectivity index (χ4n) is 2.29. The first-order chi connectivity index (χ1) is 10.7. The molecule has 1 aromatic carbocycles. The Labute approximate surface area is 132 Å². The van der Waals surface area contributed by atoms with Gasteiger partial charge in [-0.15, -0.1) is 16.5 Å². The summed E-state index contributed by atoms with van der Waals surface area (Å²) in [4.78, 5) is 9.04. The molecule has 3 aromatic rings. The third kappa shape index (κ3) is 2.32. The Kier molecular flexibility index (Phi) is 3.23. The molecule has 1 unspecified atom stereocenters. The van der Waals surface area contributed by atoms with Crippen molar-refractivity contribution in [2.45, 2.75) is 6.67 Å². The molecule has 0 N–H and O–H groups in total. The van der Waals surface area contributed by atoms with E-state index < -0.39 is 10.8 Å². The van der Waals surface area contributed by atoms with Crippen LogP contribution in [0.1, 0.15) is 0 Å². The van der Waals surface area contributed by atoms with Gasteiger partial charge in [0.2, 0.25) is 0 Å². The zero-order chi connectivity index (χ0) is 15.1. The molecule has 3 heterocycles. The summed E-state index contributed by atoms with van der Waals surface area (Å²) < 4.78 is 14.3. The highest BCUT2D eigenvalue weighted by atomic mass is 32.2. The minimum absolute atomic E-state index is 0.359. The van der Waals surface area contributed by atoms with Crippen molar-refractivity contribution in [3.63, 3.8) is 0 Å². The largest absolute Gasteiger partial charge is 0.293 e. The Hall–Kier alpha value is -2.13. The van der Waals surface area contributed by atoms with E-state index in [0.717, 1.165) is 20.9 Å². The summed E-state index contributed by atoms with van der Waals surface area (Å²) in [5.41, 5.74) is 1.70. The maximum absolute atomic E-state index is 11.3. The molecule has 0 saturated heterocycles. The van der Waals surface area contributed by atoms with Crippen LogP contribution >= 0.6 is 11.3 Å². The maximum Gasteiger partial charge on any atom is 0.188 e. The number of rotatable bonds is 3. The van der Waals surface area contributed by atoms with Gasteiger partial charge in [-0.1, -0.05) is 17.4 Å². The Morgan fingerprint density at radius 2 is 2.23 bits per heavy atom. The van der Waals surface area contributed by atoms with Crippen molar-refractivity contribution in [3.8, 4) is 10.7 Å². The van der Waals surface area contributed by atoms with Crippen molar-refractivity contribution in [3.05, 3.63) is 30.6 Å². The molecule has 9 heteroatoms. The smallest absolute Gasteiger partial charge is 0.188 e. The molecule has 0 amide bonds. The monoisotopic (exact) mass is 332 g/mol. The highest BCUT2D eigenvalue weighted by Crippen LogP contribution is 2.36. The predicted molar refractivity (Wildman–Crippen MR) is 86.1 cm³/mol. The molecule has 0 fully saturated rings. The zero-order valence-corrected chi connectivity index (χ0v) is 13.3. The van der Waals surface area contributed by atoms with Crippen molar-refractivity contribution in [2.24, 2.45) is 10.3 Å². The highest BCUT2D eigenvalue weighted by molar-refractivity contribution is 7.84. The fraction of sp³-hybridized carbons (Fsp3) is 0.231. The second-order valence-corrected chi connectivity index (χ2v) is 7.35. The standard InChI is InChI=1S/C13H12N6OS2/c1-22(20)8-19-7-18-6-14-11(12(18)16-17-19)13-15-9-4-2-3-5-10(9)21-13/h2-6H,7-8H2,1H3. The summed E-state index contributed by atoms with van der Waals surface area (Å²) >= 11 is 1.59. The molecule has 0 radical (unpaired) electrons. The Morgan fingerprint density at radius 3 is 3.05 bits per heavy atom. The summed E-state index contributed by atoms with van der Waals surface area (Å²) in [5.74, 6) is 1.05. The van der Waals surface area contributed by atoms with E-state index in [9.17, 15) is 4.21 Å². The van der Waals surface area contributed by atoms with Crippen LogP contribution in [-0.2, 0) is 17.5 Å². The van der Waals surface area contributed by atoms with E-state index in [1.165, 1.54) is 0 Å². The molecule has 112 valence electrons. The third-order valence-electron chi connectivity index (χ3n) is 3.22. The number of fused-ring (bicyclic) bond motifs is 2. The lowest BCUT2D eigenvalue weighted by atomic mass is 10.3. The van der Waals surface area contributed by atoms with Gasteiger partial charge in [0.15, 0.2) is 5.82 Å². The van der Waals surface area contributed by atoms with Crippen LogP contribution in [0.2, 0.25) is 0 Å². The lowest BCUT2D eigenvalue weighted by molar-refractivity contribution is 0.235. The normalized spacial score (nSPS) is 15.2. The van der Waals surface area contributed by atoms with E-state index in [1.54, 1.807) is 28.9 Å². The van der Waals surface area contributed by atoms with Crippen molar-refractivity contribution in [1.82, 2.24) is 19.5 Å². The van der Waals surface area contributed by atoms with Crippen molar-refractivity contribution in [1.29, 1.82) is 0 Å². The van der Waals surface area contributed by atoms with Crippen LogP contribution in [0.5, 0.6) is 0 Å². The van der Waals surface area contributed by atoms with Crippen LogP contribution in [-0.4, -0.2) is 35.9 Å². The molecule has 0 saturated carbocycles. The van der Waals surface area contributed by atoms with Gasteiger partial charge in [-0.05, 0) is 12.1 Å². The summed E-state index contributed by atoms with van der Waals surface area (Å²) in [6, 6.07) is 7.99. The Balaban J connectivity index is 1.71. The summed E-state index contributed by atoms with van der Waals surface area (Å²) in [5, 5.41) is 10.8. The van der Waals surface area contributed by atoms with Crippen LogP contribution < -0.4 is 0 Å². The first-order valence-electron chi connectivity index (χ1n) is 6.58. The van der Waals surface area contributed by atoms with Crippen LogP contribution in [0.4, 0.5) is 5.82 Å². The number of aromatic nitrogens is 3. The summed E-state index contributed by atoms with van der Waals surface area (Å²) in [6.07, 6.45) is 3.37. The van der Waals surface area contributed by atoms with Crippen LogP contribution in [0.25, 0.3) is 20.9 Å². The van der Waals surface area contributed by atoms with Crippen molar-refractivity contribution < 1.29 is 4.21 Å². The van der Waals surface area contributed by atoms with E-state index in [1.807, 2.05) is 28.8 Å². The van der Waals surface area contributed by atoms with Gasteiger partial charge < -0.3 is 0 Å². The molecular weight excluding hydrogens is 320 g/mol. The van der Waals surface area contributed by atoms with E-state index in [4.69, 9.17) is 0 Å². The second-order valence-electron chi connectivity index (χ2n) is 4.91. The van der Waals surface area contributed by atoms with E-state index >= 15 is 0 Å². The number of hydrogen-bond donors (Lipinski definition) is 0. The molecule has 2 aromatic heterocycles. The van der Waals surface area contributed by atoms with Crippen LogP contribution in [0.3, 0.4) is 0 Å². The van der Waals surface area contributed by atoms with Gasteiger partial charge in [-0.2, -0.15) is 0 Å². The average molecular weight is 332 g/mol. The van der Waals surface area contributed by atoms with E-state index in [-0.39, 0.29) is 0 Å². The Bertz CT molecular complexity index is 866. The minimum atomic E-state index is -0.952. The number of thiazole rings is 1. The molecule has 0 bridgehead atoms. The van der Waals surface area contributed by atoms with Gasteiger partial charge >= 0.3 is 0 Å². The molecule has 4 rings (SSSR count).